The normalized spacial score (nSPS) is 11.9. The molecule has 0 saturated heterocycles. The summed E-state index contributed by atoms with van der Waals surface area (Å²) >= 11 is 0. The van der Waals surface area contributed by atoms with Gasteiger partial charge in [0, 0.05) is 37.1 Å². The molecule has 3 N–H and O–H groups in total. The van der Waals surface area contributed by atoms with Crippen molar-refractivity contribution in [2.24, 2.45) is 0 Å². The lowest BCUT2D eigenvalue weighted by molar-refractivity contribution is 0.285. The minimum Gasteiger partial charge on any atom is -0.417 e. The summed E-state index contributed by atoms with van der Waals surface area (Å²) in [5, 5.41) is 27.4. The van der Waals surface area contributed by atoms with Crippen LogP contribution in [0.5, 0.6) is 0 Å². The Labute approximate surface area is 214 Å². The predicted molar refractivity (Wildman–Crippen MR) is 147 cm³/mol. The van der Waals surface area contributed by atoms with E-state index in [1.807, 2.05) is 18.2 Å². The fraction of sp³-hybridized carbons (Fsp3) is 0.462. The lowest BCUT2D eigenvalue weighted by Crippen LogP contribution is -2.41. The Kier molecular flexibility index (Phi) is 8.71. The van der Waals surface area contributed by atoms with E-state index in [2.05, 4.69) is 84.9 Å². The van der Waals surface area contributed by atoms with Crippen LogP contribution in [0.3, 0.4) is 0 Å². The van der Waals surface area contributed by atoms with Crippen molar-refractivity contribution in [3.05, 3.63) is 42.1 Å². The molecule has 0 aliphatic carbocycles. The SMILES string of the molecule is CC(C)Nc1cc(Nc2ccc(C#N)cc2)ncc1-c1nnc(NCCCO[Si](C)(C)C(C)(C)C)o1. The number of benzene rings is 1. The van der Waals surface area contributed by atoms with E-state index >= 15 is 0 Å². The number of pyridine rings is 1. The Morgan fingerprint density at radius 3 is 2.50 bits per heavy atom. The van der Waals surface area contributed by atoms with Gasteiger partial charge in [0.05, 0.1) is 22.9 Å². The van der Waals surface area contributed by atoms with Gasteiger partial charge in [0.15, 0.2) is 8.32 Å². The molecule has 36 heavy (non-hydrogen) atoms. The standard InChI is InChI=1S/C26H37N7O2Si/c1-18(2)30-22-15-23(31-20-11-9-19(16-27)10-12-20)29-17-21(22)24-32-33-25(35-24)28-13-8-14-34-36(6,7)26(3,4)5/h9-12,15,17-18H,8,13-14H2,1-7H3,(H,28,33)(H2,29,30,31). The zero-order chi connectivity index (χ0) is 26.3. The minimum atomic E-state index is -1.74. The fourth-order valence-electron chi connectivity index (χ4n) is 3.12. The van der Waals surface area contributed by atoms with Gasteiger partial charge in [-0.15, -0.1) is 5.10 Å². The molecule has 1 aromatic carbocycles. The second-order valence-corrected chi connectivity index (χ2v) is 15.3. The maximum atomic E-state index is 8.99. The van der Waals surface area contributed by atoms with Crippen molar-refractivity contribution in [2.75, 3.05) is 29.1 Å². The first kappa shape index (κ1) is 27.2. The lowest BCUT2D eigenvalue weighted by atomic mass is 10.2. The molecule has 0 fully saturated rings. The number of anilines is 4. The van der Waals surface area contributed by atoms with Crippen LogP contribution in [-0.2, 0) is 4.43 Å². The molecule has 192 valence electrons. The molecule has 0 unspecified atom stereocenters. The van der Waals surface area contributed by atoms with Crippen LogP contribution in [0.25, 0.3) is 11.5 Å². The van der Waals surface area contributed by atoms with Crippen LogP contribution < -0.4 is 16.0 Å². The highest BCUT2D eigenvalue weighted by atomic mass is 28.4. The summed E-state index contributed by atoms with van der Waals surface area (Å²) < 4.78 is 12.1. The van der Waals surface area contributed by atoms with Gasteiger partial charge in [-0.3, -0.25) is 0 Å². The Bertz CT molecular complexity index is 1180. The molecule has 0 aliphatic heterocycles. The summed E-state index contributed by atoms with van der Waals surface area (Å²) in [6.45, 7) is 16.7. The predicted octanol–water partition coefficient (Wildman–Crippen LogP) is 6.39. The van der Waals surface area contributed by atoms with Crippen molar-refractivity contribution in [3.63, 3.8) is 0 Å². The molecule has 3 rings (SSSR count). The van der Waals surface area contributed by atoms with Gasteiger partial charge >= 0.3 is 6.01 Å². The smallest absolute Gasteiger partial charge is 0.315 e. The monoisotopic (exact) mass is 507 g/mol. The van der Waals surface area contributed by atoms with Gasteiger partial charge < -0.3 is 24.8 Å². The van der Waals surface area contributed by atoms with Gasteiger partial charge in [-0.2, -0.15) is 5.26 Å². The zero-order valence-corrected chi connectivity index (χ0v) is 23.3. The van der Waals surface area contributed by atoms with E-state index < -0.39 is 8.32 Å². The fourth-order valence-corrected chi connectivity index (χ4v) is 4.20. The van der Waals surface area contributed by atoms with Crippen molar-refractivity contribution in [1.29, 1.82) is 5.26 Å². The van der Waals surface area contributed by atoms with Crippen molar-refractivity contribution in [2.45, 2.75) is 65.2 Å². The van der Waals surface area contributed by atoms with Gasteiger partial charge in [0.1, 0.15) is 5.82 Å². The second kappa shape index (κ2) is 11.5. The first-order valence-corrected chi connectivity index (χ1v) is 15.1. The van der Waals surface area contributed by atoms with Crippen molar-refractivity contribution >= 4 is 31.5 Å². The molecular weight excluding hydrogens is 470 g/mol. The number of rotatable bonds is 11. The molecule has 0 bridgehead atoms. The molecule has 0 radical (unpaired) electrons. The van der Waals surface area contributed by atoms with E-state index in [1.54, 1.807) is 18.3 Å². The van der Waals surface area contributed by atoms with Crippen molar-refractivity contribution in [1.82, 2.24) is 15.2 Å². The number of hydrogen-bond acceptors (Lipinski definition) is 9. The van der Waals surface area contributed by atoms with E-state index in [0.29, 0.717) is 36.4 Å². The van der Waals surface area contributed by atoms with Crippen molar-refractivity contribution < 1.29 is 8.84 Å². The summed E-state index contributed by atoms with van der Waals surface area (Å²) in [4.78, 5) is 4.52. The molecule has 9 nitrogen and oxygen atoms in total. The number of nitriles is 1. The summed E-state index contributed by atoms with van der Waals surface area (Å²) in [6, 6.07) is 11.8. The van der Waals surface area contributed by atoms with Crippen LogP contribution in [0.2, 0.25) is 18.1 Å². The number of nitrogens with zero attached hydrogens (tertiary/aromatic N) is 4. The van der Waals surface area contributed by atoms with Gasteiger partial charge in [0.2, 0.25) is 0 Å². The first-order valence-electron chi connectivity index (χ1n) is 12.2. The third-order valence-corrected chi connectivity index (χ3v) is 10.7. The Hall–Kier alpha value is -3.42. The summed E-state index contributed by atoms with van der Waals surface area (Å²) in [5.41, 5.74) is 2.99. The first-order chi connectivity index (χ1) is 17.0. The van der Waals surface area contributed by atoms with Gasteiger partial charge in [0.25, 0.3) is 5.89 Å². The third-order valence-electron chi connectivity index (χ3n) is 6.16. The average molecular weight is 508 g/mol. The van der Waals surface area contributed by atoms with Gasteiger partial charge in [-0.05, 0) is 62.7 Å². The van der Waals surface area contributed by atoms with Gasteiger partial charge in [-0.25, -0.2) is 4.98 Å². The van der Waals surface area contributed by atoms with Gasteiger partial charge in [-0.1, -0.05) is 25.9 Å². The maximum absolute atomic E-state index is 8.99. The zero-order valence-electron chi connectivity index (χ0n) is 22.3. The molecule has 2 heterocycles. The molecule has 10 heteroatoms. The molecule has 0 spiro atoms. The molecule has 0 amide bonds. The lowest BCUT2D eigenvalue weighted by Gasteiger charge is -2.36. The second-order valence-electron chi connectivity index (χ2n) is 10.5. The van der Waals surface area contributed by atoms with E-state index in [0.717, 1.165) is 23.4 Å². The number of aromatic nitrogens is 3. The van der Waals surface area contributed by atoms with E-state index in [-0.39, 0.29) is 11.1 Å². The maximum Gasteiger partial charge on any atom is 0.315 e. The van der Waals surface area contributed by atoms with Crippen LogP contribution in [0, 0.1) is 11.3 Å². The van der Waals surface area contributed by atoms with Crippen LogP contribution in [0.4, 0.5) is 23.2 Å². The molecule has 3 aromatic rings. The third kappa shape index (κ3) is 7.29. The topological polar surface area (TPSA) is 121 Å². The van der Waals surface area contributed by atoms with E-state index in [9.17, 15) is 0 Å². The highest BCUT2D eigenvalue weighted by Crippen LogP contribution is 2.36. The van der Waals surface area contributed by atoms with Crippen LogP contribution >= 0.6 is 0 Å². The number of nitrogens with one attached hydrogen (secondary N) is 3. The Balaban J connectivity index is 1.64. The molecule has 0 aliphatic rings. The average Bonchev–Trinajstić information content (AvgIpc) is 3.27. The van der Waals surface area contributed by atoms with Crippen molar-refractivity contribution in [3.8, 4) is 17.5 Å². The number of hydrogen-bond donors (Lipinski definition) is 3. The molecular formula is C26H37N7O2Si. The van der Waals surface area contributed by atoms with Crippen LogP contribution in [0.15, 0.2) is 40.9 Å². The largest absolute Gasteiger partial charge is 0.417 e. The summed E-state index contributed by atoms with van der Waals surface area (Å²) in [5.74, 6) is 1.04. The molecule has 0 atom stereocenters. The van der Waals surface area contributed by atoms with Crippen LogP contribution in [0.1, 0.15) is 46.6 Å². The molecule has 0 saturated carbocycles. The summed E-state index contributed by atoms with van der Waals surface area (Å²) in [7, 11) is -1.74. The van der Waals surface area contributed by atoms with E-state index in [4.69, 9.17) is 14.1 Å². The highest BCUT2D eigenvalue weighted by Gasteiger charge is 2.36. The minimum absolute atomic E-state index is 0.190. The Morgan fingerprint density at radius 1 is 1.14 bits per heavy atom. The van der Waals surface area contributed by atoms with Crippen LogP contribution in [-0.4, -0.2) is 42.7 Å². The highest BCUT2D eigenvalue weighted by molar-refractivity contribution is 6.74. The quantitative estimate of drug-likeness (QED) is 0.200. The van der Waals surface area contributed by atoms with E-state index in [1.165, 1.54) is 0 Å². The Morgan fingerprint density at radius 2 is 1.86 bits per heavy atom. The summed E-state index contributed by atoms with van der Waals surface area (Å²) in [6.07, 6.45) is 2.56. The molecule has 2 aromatic heterocycles.